The Labute approximate surface area is 299 Å². The second-order valence-electron chi connectivity index (χ2n) is 12.9. The van der Waals surface area contributed by atoms with E-state index in [0.717, 1.165) is 121 Å². The molecule has 1 fully saturated rings. The molecule has 1 saturated heterocycles. The summed E-state index contributed by atoms with van der Waals surface area (Å²) in [4.78, 5) is 36.4. The van der Waals surface area contributed by atoms with Crippen LogP contribution in [0.3, 0.4) is 0 Å². The Hall–Kier alpha value is -5.86. The number of pyridine rings is 2. The first kappa shape index (κ1) is 34.6. The highest BCUT2D eigenvalue weighted by molar-refractivity contribution is 6.09. The summed E-state index contributed by atoms with van der Waals surface area (Å²) >= 11 is 0. The normalized spacial score (nSPS) is 13.9. The van der Waals surface area contributed by atoms with Gasteiger partial charge in [0, 0.05) is 85.1 Å². The number of non-ortho nitro benzene ring substituents is 2. The van der Waals surface area contributed by atoms with Crippen LogP contribution >= 0.6 is 0 Å². The molecule has 0 spiro atoms. The van der Waals surface area contributed by atoms with Crippen molar-refractivity contribution in [2.24, 2.45) is 0 Å². The molecule has 0 atom stereocenters. The van der Waals surface area contributed by atoms with Gasteiger partial charge in [0.15, 0.2) is 0 Å². The third kappa shape index (κ3) is 7.29. The molecule has 1 aliphatic rings. The molecule has 14 nitrogen and oxygen atoms in total. The molecule has 3 heterocycles. The monoisotopic (exact) mass is 704 g/mol. The first-order valence-corrected chi connectivity index (χ1v) is 17.4. The number of fused-ring (bicyclic) bond motifs is 4. The second-order valence-corrected chi connectivity index (χ2v) is 12.9. The number of rotatable bonds is 14. The van der Waals surface area contributed by atoms with E-state index in [1.54, 1.807) is 26.4 Å². The van der Waals surface area contributed by atoms with Crippen molar-refractivity contribution in [1.29, 1.82) is 0 Å². The number of hydrogen-bond acceptors (Lipinski definition) is 12. The van der Waals surface area contributed by atoms with Gasteiger partial charge in [-0.25, -0.2) is 9.97 Å². The number of aromatic nitrogens is 2. The largest absolute Gasteiger partial charge is 0.497 e. The Balaban J connectivity index is 0.923. The van der Waals surface area contributed by atoms with E-state index in [2.05, 4.69) is 20.4 Å². The number of hydrogen-bond donors (Lipinski definition) is 2. The van der Waals surface area contributed by atoms with E-state index in [0.29, 0.717) is 11.0 Å². The highest BCUT2D eigenvalue weighted by atomic mass is 16.6. The van der Waals surface area contributed by atoms with Gasteiger partial charge in [0.1, 0.15) is 11.5 Å². The zero-order chi connectivity index (χ0) is 36.2. The van der Waals surface area contributed by atoms with Crippen LogP contribution in [0.25, 0.3) is 43.6 Å². The van der Waals surface area contributed by atoms with Crippen LogP contribution in [0.5, 0.6) is 11.5 Å². The molecular formula is C38H40N8O6. The lowest BCUT2D eigenvalue weighted by atomic mass is 10.1. The fourth-order valence-electron chi connectivity index (χ4n) is 6.95. The van der Waals surface area contributed by atoms with Crippen molar-refractivity contribution in [3.63, 3.8) is 0 Å². The Morgan fingerprint density at radius 2 is 1.02 bits per heavy atom. The summed E-state index contributed by atoms with van der Waals surface area (Å²) in [5.41, 5.74) is 4.49. The SMILES string of the molecule is COc1ccc2nc3cc([N+](=O)[O-])ccc3c(NCCCN3CCN(CCCNc4c5ccc([N+](=O)[O-])cc5nc5ccc(OC)cc45)CC3)c2c1. The van der Waals surface area contributed by atoms with Crippen LogP contribution in [0.2, 0.25) is 0 Å². The maximum Gasteiger partial charge on any atom is 0.271 e. The predicted octanol–water partition coefficient (Wildman–Crippen LogP) is 6.84. The van der Waals surface area contributed by atoms with Crippen LogP contribution in [0.15, 0.2) is 72.8 Å². The summed E-state index contributed by atoms with van der Waals surface area (Å²) in [5, 5.41) is 33.6. The van der Waals surface area contributed by atoms with Crippen molar-refractivity contribution < 1.29 is 19.3 Å². The number of ether oxygens (including phenoxy) is 2. The van der Waals surface area contributed by atoms with Gasteiger partial charge in [0.05, 0.1) is 57.5 Å². The number of nitrogens with zero attached hydrogens (tertiary/aromatic N) is 6. The van der Waals surface area contributed by atoms with Gasteiger partial charge < -0.3 is 29.9 Å². The predicted molar refractivity (Wildman–Crippen MR) is 204 cm³/mol. The summed E-state index contributed by atoms with van der Waals surface area (Å²) < 4.78 is 10.9. The summed E-state index contributed by atoms with van der Waals surface area (Å²) in [6, 6.07) is 21.0. The Kier molecular flexibility index (Phi) is 10.1. The van der Waals surface area contributed by atoms with Crippen molar-refractivity contribution in [2.75, 3.05) is 77.2 Å². The van der Waals surface area contributed by atoms with Crippen LogP contribution in [0, 0.1) is 20.2 Å². The van der Waals surface area contributed by atoms with E-state index in [9.17, 15) is 20.2 Å². The lowest BCUT2D eigenvalue weighted by molar-refractivity contribution is -0.384. The Bertz CT molecular complexity index is 2130. The molecule has 0 aliphatic carbocycles. The zero-order valence-electron chi connectivity index (χ0n) is 29.1. The molecule has 14 heteroatoms. The fraction of sp³-hybridized carbons (Fsp3) is 0.316. The van der Waals surface area contributed by atoms with Crippen LogP contribution < -0.4 is 20.1 Å². The number of piperazine rings is 1. The number of nitro benzene ring substituents is 2. The lowest BCUT2D eigenvalue weighted by Crippen LogP contribution is -2.47. The van der Waals surface area contributed by atoms with Crippen molar-refractivity contribution in [3.05, 3.63) is 93.0 Å². The van der Waals surface area contributed by atoms with Gasteiger partial charge in [-0.05, 0) is 74.5 Å². The molecular weight excluding hydrogens is 664 g/mol. The molecule has 1 aliphatic heterocycles. The second kappa shape index (κ2) is 15.2. The minimum absolute atomic E-state index is 0.0151. The molecule has 0 amide bonds. The minimum Gasteiger partial charge on any atom is -0.497 e. The highest BCUT2D eigenvalue weighted by Gasteiger charge is 2.18. The van der Waals surface area contributed by atoms with Crippen molar-refractivity contribution in [1.82, 2.24) is 19.8 Å². The molecule has 0 saturated carbocycles. The third-order valence-corrected chi connectivity index (χ3v) is 9.72. The highest BCUT2D eigenvalue weighted by Crippen LogP contribution is 2.36. The van der Waals surface area contributed by atoms with Gasteiger partial charge in [-0.3, -0.25) is 20.2 Å². The Morgan fingerprint density at radius 1 is 0.596 bits per heavy atom. The molecule has 2 aromatic heterocycles. The van der Waals surface area contributed by atoms with Crippen LogP contribution in [0.1, 0.15) is 12.8 Å². The Morgan fingerprint density at radius 3 is 1.40 bits per heavy atom. The minimum atomic E-state index is -0.398. The lowest BCUT2D eigenvalue weighted by Gasteiger charge is -2.34. The average molecular weight is 705 g/mol. The van der Waals surface area contributed by atoms with Gasteiger partial charge in [-0.2, -0.15) is 0 Å². The van der Waals surface area contributed by atoms with Gasteiger partial charge >= 0.3 is 0 Å². The van der Waals surface area contributed by atoms with E-state index < -0.39 is 9.85 Å². The maximum atomic E-state index is 11.4. The molecule has 0 radical (unpaired) electrons. The van der Waals surface area contributed by atoms with Gasteiger partial charge in [-0.15, -0.1) is 0 Å². The molecule has 2 N–H and O–H groups in total. The molecule has 0 bridgehead atoms. The summed E-state index contributed by atoms with van der Waals surface area (Å²) in [7, 11) is 3.26. The maximum absolute atomic E-state index is 11.4. The number of methoxy groups -OCH3 is 2. The topological polar surface area (TPSA) is 161 Å². The van der Waals surface area contributed by atoms with E-state index in [4.69, 9.17) is 19.4 Å². The molecule has 268 valence electrons. The van der Waals surface area contributed by atoms with Gasteiger partial charge in [-0.1, -0.05) is 0 Å². The number of nitro groups is 2. The van der Waals surface area contributed by atoms with Gasteiger partial charge in [0.25, 0.3) is 11.4 Å². The van der Waals surface area contributed by atoms with E-state index in [1.165, 1.54) is 24.3 Å². The van der Waals surface area contributed by atoms with E-state index in [-0.39, 0.29) is 11.4 Å². The molecule has 4 aromatic carbocycles. The molecule has 0 unspecified atom stereocenters. The summed E-state index contributed by atoms with van der Waals surface area (Å²) in [5.74, 6) is 1.45. The number of benzene rings is 4. The molecule has 52 heavy (non-hydrogen) atoms. The van der Waals surface area contributed by atoms with Crippen molar-refractivity contribution in [2.45, 2.75) is 12.8 Å². The van der Waals surface area contributed by atoms with Crippen LogP contribution in [0.4, 0.5) is 22.7 Å². The fourth-order valence-corrected chi connectivity index (χ4v) is 6.95. The smallest absolute Gasteiger partial charge is 0.271 e. The first-order chi connectivity index (χ1) is 25.3. The van der Waals surface area contributed by atoms with Crippen LogP contribution in [-0.4, -0.2) is 96.2 Å². The number of nitrogens with one attached hydrogen (secondary N) is 2. The summed E-state index contributed by atoms with van der Waals surface area (Å²) in [6.45, 7) is 7.38. The first-order valence-electron chi connectivity index (χ1n) is 17.4. The van der Waals surface area contributed by atoms with Crippen LogP contribution in [-0.2, 0) is 0 Å². The van der Waals surface area contributed by atoms with Crippen molar-refractivity contribution >= 4 is 66.4 Å². The average Bonchev–Trinajstić information content (AvgIpc) is 3.16. The molecule has 6 aromatic rings. The number of anilines is 2. The quantitative estimate of drug-likeness (QED) is 0.0526. The third-order valence-electron chi connectivity index (χ3n) is 9.72. The standard InChI is InChI=1S/C38H40N8O6/c1-51-27-7-11-33-31(23-27)37(29-9-5-25(45(47)48)21-35(29)41-33)39-13-3-15-43-17-19-44(20-18-43)16-4-14-40-38-30-10-6-26(46(49)50)22-36(30)42-34-12-8-28(52-2)24-32(34)38/h5-12,21-24H,3-4,13-20H2,1-2H3,(H,39,41)(H,40,42). The molecule has 7 rings (SSSR count). The van der Waals surface area contributed by atoms with Crippen molar-refractivity contribution in [3.8, 4) is 11.5 Å². The zero-order valence-corrected chi connectivity index (χ0v) is 29.1. The van der Waals surface area contributed by atoms with E-state index in [1.807, 2.05) is 36.4 Å². The summed E-state index contributed by atoms with van der Waals surface area (Å²) in [6.07, 6.45) is 1.88. The van der Waals surface area contributed by atoms with E-state index >= 15 is 0 Å². The van der Waals surface area contributed by atoms with Gasteiger partial charge in [0.2, 0.25) is 0 Å².